The smallest absolute Gasteiger partial charge is 0.323 e. The molecule has 0 aromatic carbocycles. The molecule has 0 radical (unpaired) electrons. The Labute approximate surface area is 93.7 Å². The number of esters is 1. The van der Waals surface area contributed by atoms with Gasteiger partial charge in [-0.1, -0.05) is 6.07 Å². The minimum Gasteiger partial charge on any atom is -0.468 e. The van der Waals surface area contributed by atoms with Crippen LogP contribution >= 0.6 is 11.3 Å². The minimum atomic E-state index is -0.107. The van der Waals surface area contributed by atoms with Crippen LogP contribution in [0.2, 0.25) is 0 Å². The molecule has 1 saturated heterocycles. The number of likely N-dealkylation sites (tertiary alicyclic amines) is 1. The van der Waals surface area contributed by atoms with Gasteiger partial charge in [0.1, 0.15) is 6.04 Å². The second-order valence-electron chi connectivity index (χ2n) is 3.76. The van der Waals surface area contributed by atoms with Crippen LogP contribution < -0.4 is 0 Å². The Balaban J connectivity index is 2.03. The van der Waals surface area contributed by atoms with Crippen LogP contribution in [0.1, 0.15) is 24.3 Å². The van der Waals surface area contributed by atoms with Crippen LogP contribution in [-0.4, -0.2) is 30.6 Å². The highest BCUT2D eigenvalue weighted by Gasteiger charge is 2.38. The SMILES string of the molecule is COC(=O)C1CCN1C(C)c1cccs1. The van der Waals surface area contributed by atoms with Gasteiger partial charge in [-0.15, -0.1) is 11.3 Å². The number of hydrogen-bond donors (Lipinski definition) is 0. The number of carbonyl (C=O) groups is 1. The van der Waals surface area contributed by atoms with E-state index in [4.69, 9.17) is 4.74 Å². The molecule has 1 aromatic heterocycles. The average molecular weight is 225 g/mol. The van der Waals surface area contributed by atoms with E-state index >= 15 is 0 Å². The highest BCUT2D eigenvalue weighted by atomic mass is 32.1. The van der Waals surface area contributed by atoms with Gasteiger partial charge in [0, 0.05) is 17.5 Å². The fourth-order valence-corrected chi connectivity index (χ4v) is 2.76. The number of carbonyl (C=O) groups excluding carboxylic acids is 1. The molecule has 0 bridgehead atoms. The summed E-state index contributed by atoms with van der Waals surface area (Å²) in [6.45, 7) is 3.12. The molecule has 2 unspecified atom stereocenters. The van der Waals surface area contributed by atoms with Gasteiger partial charge in [-0.25, -0.2) is 0 Å². The van der Waals surface area contributed by atoms with E-state index in [1.807, 2.05) is 6.07 Å². The Morgan fingerprint density at radius 3 is 3.00 bits per heavy atom. The zero-order chi connectivity index (χ0) is 10.8. The molecule has 1 aromatic rings. The van der Waals surface area contributed by atoms with E-state index in [1.54, 1.807) is 11.3 Å². The molecule has 1 fully saturated rings. The van der Waals surface area contributed by atoms with Crippen molar-refractivity contribution in [3.63, 3.8) is 0 Å². The maximum absolute atomic E-state index is 11.4. The van der Waals surface area contributed by atoms with Gasteiger partial charge in [0.25, 0.3) is 0 Å². The van der Waals surface area contributed by atoms with Gasteiger partial charge in [-0.3, -0.25) is 9.69 Å². The van der Waals surface area contributed by atoms with Crippen molar-refractivity contribution in [2.75, 3.05) is 13.7 Å². The van der Waals surface area contributed by atoms with Crippen molar-refractivity contribution in [1.29, 1.82) is 0 Å². The monoisotopic (exact) mass is 225 g/mol. The lowest BCUT2D eigenvalue weighted by Gasteiger charge is -2.42. The third kappa shape index (κ3) is 1.92. The third-order valence-corrected chi connectivity index (χ3v) is 4.03. The van der Waals surface area contributed by atoms with Gasteiger partial charge in [0.2, 0.25) is 0 Å². The lowest BCUT2D eigenvalue weighted by Crippen LogP contribution is -2.53. The van der Waals surface area contributed by atoms with Crippen LogP contribution in [0.3, 0.4) is 0 Å². The number of rotatable bonds is 3. The lowest BCUT2D eigenvalue weighted by molar-refractivity contribution is -0.153. The zero-order valence-corrected chi connectivity index (χ0v) is 9.79. The lowest BCUT2D eigenvalue weighted by atomic mass is 10.00. The van der Waals surface area contributed by atoms with Crippen LogP contribution in [0.5, 0.6) is 0 Å². The predicted molar refractivity (Wildman–Crippen MR) is 59.9 cm³/mol. The van der Waals surface area contributed by atoms with Gasteiger partial charge in [0.15, 0.2) is 0 Å². The number of hydrogen-bond acceptors (Lipinski definition) is 4. The molecule has 0 spiro atoms. The molecule has 2 rings (SSSR count). The van der Waals surface area contributed by atoms with Gasteiger partial charge in [-0.2, -0.15) is 0 Å². The minimum absolute atomic E-state index is 0.0351. The fraction of sp³-hybridized carbons (Fsp3) is 0.545. The number of ether oxygens (including phenoxy) is 1. The maximum atomic E-state index is 11.4. The molecule has 4 heteroatoms. The van der Waals surface area contributed by atoms with E-state index in [-0.39, 0.29) is 12.0 Å². The fourth-order valence-electron chi connectivity index (χ4n) is 1.95. The topological polar surface area (TPSA) is 29.5 Å². The summed E-state index contributed by atoms with van der Waals surface area (Å²) in [5, 5.41) is 2.07. The normalized spacial score (nSPS) is 23.2. The van der Waals surface area contributed by atoms with Crippen molar-refractivity contribution in [3.05, 3.63) is 22.4 Å². The quantitative estimate of drug-likeness (QED) is 0.737. The van der Waals surface area contributed by atoms with Crippen LogP contribution in [0.15, 0.2) is 17.5 Å². The molecule has 0 saturated carbocycles. The van der Waals surface area contributed by atoms with Crippen LogP contribution in [0, 0.1) is 0 Å². The van der Waals surface area contributed by atoms with E-state index in [0.29, 0.717) is 6.04 Å². The molecular formula is C11H15NO2S. The highest BCUT2D eigenvalue weighted by Crippen LogP contribution is 2.32. The maximum Gasteiger partial charge on any atom is 0.323 e. The number of methoxy groups -OCH3 is 1. The number of nitrogens with zero attached hydrogens (tertiary/aromatic N) is 1. The molecule has 15 heavy (non-hydrogen) atoms. The molecule has 3 nitrogen and oxygen atoms in total. The van der Waals surface area contributed by atoms with Crippen LogP contribution in [0.25, 0.3) is 0 Å². The second kappa shape index (κ2) is 4.33. The summed E-state index contributed by atoms with van der Waals surface area (Å²) in [6, 6.07) is 4.45. The average Bonchev–Trinajstić information content (AvgIpc) is 2.68. The summed E-state index contributed by atoms with van der Waals surface area (Å²) in [5.74, 6) is -0.107. The van der Waals surface area contributed by atoms with Gasteiger partial charge in [0.05, 0.1) is 7.11 Å². The Bertz CT molecular complexity index is 336. The van der Waals surface area contributed by atoms with Crippen molar-refractivity contribution in [2.24, 2.45) is 0 Å². The van der Waals surface area contributed by atoms with E-state index in [0.717, 1.165) is 13.0 Å². The van der Waals surface area contributed by atoms with Crippen molar-refractivity contribution in [2.45, 2.75) is 25.4 Å². The first kappa shape index (κ1) is 10.6. The first-order chi connectivity index (χ1) is 7.24. The standard InChI is InChI=1S/C11H15NO2S/c1-8(10-4-3-7-15-10)12-6-5-9(12)11(13)14-2/h3-4,7-9H,5-6H2,1-2H3. The molecule has 2 heterocycles. The molecule has 0 aliphatic carbocycles. The zero-order valence-electron chi connectivity index (χ0n) is 8.97. The number of thiophene rings is 1. The van der Waals surface area contributed by atoms with E-state index < -0.39 is 0 Å². The first-order valence-corrected chi connectivity index (χ1v) is 5.99. The molecule has 0 N–H and O–H groups in total. The van der Waals surface area contributed by atoms with E-state index in [9.17, 15) is 4.79 Å². The Kier molecular flexibility index (Phi) is 3.07. The van der Waals surface area contributed by atoms with Gasteiger partial charge < -0.3 is 4.74 Å². The Morgan fingerprint density at radius 2 is 2.53 bits per heavy atom. The molecule has 82 valence electrons. The summed E-state index contributed by atoms with van der Waals surface area (Å²) in [5.41, 5.74) is 0. The first-order valence-electron chi connectivity index (χ1n) is 5.11. The highest BCUT2D eigenvalue weighted by molar-refractivity contribution is 7.10. The van der Waals surface area contributed by atoms with Crippen LogP contribution in [-0.2, 0) is 9.53 Å². The van der Waals surface area contributed by atoms with E-state index in [1.165, 1.54) is 12.0 Å². The summed E-state index contributed by atoms with van der Waals surface area (Å²) in [4.78, 5) is 14.9. The van der Waals surface area contributed by atoms with E-state index in [2.05, 4.69) is 23.3 Å². The molecular weight excluding hydrogens is 210 g/mol. The van der Waals surface area contributed by atoms with Crippen molar-refractivity contribution >= 4 is 17.3 Å². The van der Waals surface area contributed by atoms with Gasteiger partial charge >= 0.3 is 5.97 Å². The summed E-state index contributed by atoms with van der Waals surface area (Å²) in [6.07, 6.45) is 0.919. The summed E-state index contributed by atoms with van der Waals surface area (Å²) in [7, 11) is 1.45. The second-order valence-corrected chi connectivity index (χ2v) is 4.74. The van der Waals surface area contributed by atoms with Crippen molar-refractivity contribution in [1.82, 2.24) is 4.90 Å². The molecule has 2 atom stereocenters. The summed E-state index contributed by atoms with van der Waals surface area (Å²) < 4.78 is 4.77. The largest absolute Gasteiger partial charge is 0.468 e. The Morgan fingerprint density at radius 1 is 1.73 bits per heavy atom. The Hall–Kier alpha value is -0.870. The van der Waals surface area contributed by atoms with Crippen LogP contribution in [0.4, 0.5) is 0 Å². The molecule has 1 aliphatic rings. The third-order valence-electron chi connectivity index (χ3n) is 2.99. The summed E-state index contributed by atoms with van der Waals surface area (Å²) >= 11 is 1.74. The van der Waals surface area contributed by atoms with Crippen molar-refractivity contribution in [3.8, 4) is 0 Å². The predicted octanol–water partition coefficient (Wildman–Crippen LogP) is 2.06. The molecule has 1 aliphatic heterocycles. The van der Waals surface area contributed by atoms with Gasteiger partial charge in [-0.05, 0) is 24.8 Å². The molecule has 0 amide bonds. The van der Waals surface area contributed by atoms with Crippen molar-refractivity contribution < 1.29 is 9.53 Å².